The average Bonchev–Trinajstić information content (AvgIpc) is 3.25. The Bertz CT molecular complexity index is 907. The van der Waals surface area contributed by atoms with Crippen molar-refractivity contribution in [1.82, 2.24) is 10.1 Å². The molecule has 0 aliphatic heterocycles. The number of alkyl halides is 3. The average molecular weight is 410 g/mol. The van der Waals surface area contributed by atoms with Crippen LogP contribution in [0.5, 0.6) is 5.75 Å². The molecule has 1 saturated carbocycles. The lowest BCUT2D eigenvalue weighted by Crippen LogP contribution is -2.25. The summed E-state index contributed by atoms with van der Waals surface area (Å²) in [5.74, 6) is -0.189. The number of aromatic nitrogens is 2. The summed E-state index contributed by atoms with van der Waals surface area (Å²) in [7, 11) is 0. The molecule has 0 N–H and O–H groups in total. The highest BCUT2D eigenvalue weighted by Gasteiger charge is 2.50. The fourth-order valence-electron chi connectivity index (χ4n) is 2.87. The van der Waals surface area contributed by atoms with Gasteiger partial charge in [-0.1, -0.05) is 23.9 Å². The summed E-state index contributed by atoms with van der Waals surface area (Å²) in [6, 6.07) is 5.63. The second-order valence-electron chi connectivity index (χ2n) is 7.95. The van der Waals surface area contributed by atoms with Gasteiger partial charge in [0.2, 0.25) is 5.89 Å². The van der Waals surface area contributed by atoms with Gasteiger partial charge in [-0.2, -0.15) is 4.98 Å². The van der Waals surface area contributed by atoms with Crippen molar-refractivity contribution in [2.24, 2.45) is 0 Å². The Morgan fingerprint density at radius 1 is 1.21 bits per heavy atom. The van der Waals surface area contributed by atoms with Crippen molar-refractivity contribution in [3.05, 3.63) is 53.7 Å². The number of carbonyl (C=O) groups excluding carboxylic acids is 1. The summed E-state index contributed by atoms with van der Waals surface area (Å²) >= 11 is 0. The van der Waals surface area contributed by atoms with Gasteiger partial charge in [-0.3, -0.25) is 0 Å². The number of esters is 1. The van der Waals surface area contributed by atoms with Gasteiger partial charge in [-0.15, -0.1) is 13.2 Å². The maximum atomic E-state index is 12.3. The fraction of sp³-hybridized carbons (Fsp3) is 0.450. The van der Waals surface area contributed by atoms with Crippen LogP contribution in [0.4, 0.5) is 13.2 Å². The first kappa shape index (κ1) is 20.9. The summed E-state index contributed by atoms with van der Waals surface area (Å²) in [6.07, 6.45) is -3.22. The molecule has 1 aromatic heterocycles. The van der Waals surface area contributed by atoms with Crippen LogP contribution in [0.15, 0.2) is 40.9 Å². The third kappa shape index (κ3) is 5.16. The third-order valence-corrected chi connectivity index (χ3v) is 4.34. The van der Waals surface area contributed by atoms with E-state index in [9.17, 15) is 18.0 Å². The van der Waals surface area contributed by atoms with Crippen molar-refractivity contribution >= 4 is 5.97 Å². The summed E-state index contributed by atoms with van der Waals surface area (Å²) in [6.45, 7) is 8.97. The van der Waals surface area contributed by atoms with Crippen LogP contribution in [-0.4, -0.2) is 28.1 Å². The zero-order valence-electron chi connectivity index (χ0n) is 16.3. The monoisotopic (exact) mass is 410 g/mol. The Labute approximate surface area is 165 Å². The molecule has 1 aromatic carbocycles. The van der Waals surface area contributed by atoms with Gasteiger partial charge in [0.25, 0.3) is 0 Å². The Morgan fingerprint density at radius 3 is 2.34 bits per heavy atom. The highest BCUT2D eigenvalue weighted by Crippen LogP contribution is 2.52. The molecule has 1 aliphatic rings. The minimum atomic E-state index is -4.74. The van der Waals surface area contributed by atoms with Gasteiger partial charge >= 0.3 is 12.3 Å². The van der Waals surface area contributed by atoms with Gasteiger partial charge in [0.1, 0.15) is 11.4 Å². The van der Waals surface area contributed by atoms with Gasteiger partial charge in [0, 0.05) is 5.57 Å². The van der Waals surface area contributed by atoms with E-state index in [1.165, 1.54) is 12.1 Å². The minimum Gasteiger partial charge on any atom is -0.457 e. The molecule has 2 aromatic rings. The first-order valence-corrected chi connectivity index (χ1v) is 8.98. The summed E-state index contributed by atoms with van der Waals surface area (Å²) in [4.78, 5) is 16.4. The standard InChI is InChI=1S/C20H21F3N2O4/c1-12(16(26)28-18(2,3)4)11-15-24-17(25-29-15)19(9-10-19)13-5-7-14(8-6-13)27-20(21,22)23/h5-8H,1,9-11H2,2-4H3. The Morgan fingerprint density at radius 2 is 1.83 bits per heavy atom. The number of benzene rings is 1. The van der Waals surface area contributed by atoms with Crippen LogP contribution in [0.2, 0.25) is 0 Å². The topological polar surface area (TPSA) is 74.5 Å². The molecule has 9 heteroatoms. The number of halogens is 3. The molecule has 0 spiro atoms. The first-order chi connectivity index (χ1) is 13.4. The highest BCUT2D eigenvalue weighted by atomic mass is 19.4. The molecular weight excluding hydrogens is 389 g/mol. The van der Waals surface area contributed by atoms with Crippen LogP contribution >= 0.6 is 0 Å². The quantitative estimate of drug-likeness (QED) is 0.516. The number of carbonyl (C=O) groups is 1. The number of rotatable bonds is 6. The van der Waals surface area contributed by atoms with Gasteiger partial charge in [0.15, 0.2) is 5.82 Å². The molecule has 1 heterocycles. The lowest BCUT2D eigenvalue weighted by atomic mass is 9.95. The first-order valence-electron chi connectivity index (χ1n) is 8.98. The molecular formula is C20H21F3N2O4. The molecule has 0 saturated heterocycles. The number of hydrogen-bond acceptors (Lipinski definition) is 6. The van der Waals surface area contributed by atoms with E-state index >= 15 is 0 Å². The zero-order valence-corrected chi connectivity index (χ0v) is 16.3. The van der Waals surface area contributed by atoms with Crippen molar-refractivity contribution in [3.8, 4) is 5.75 Å². The zero-order chi connectivity index (χ0) is 21.4. The molecule has 29 heavy (non-hydrogen) atoms. The molecule has 0 unspecified atom stereocenters. The summed E-state index contributed by atoms with van der Waals surface area (Å²) in [5, 5.41) is 4.00. The second kappa shape index (κ2) is 7.20. The number of nitrogens with zero attached hydrogens (tertiary/aromatic N) is 2. The lowest BCUT2D eigenvalue weighted by Gasteiger charge is -2.19. The molecule has 3 rings (SSSR count). The number of ether oxygens (including phenoxy) is 2. The smallest absolute Gasteiger partial charge is 0.457 e. The molecule has 156 valence electrons. The molecule has 0 amide bonds. The molecule has 0 bridgehead atoms. The van der Waals surface area contributed by atoms with Gasteiger partial charge in [-0.25, -0.2) is 4.79 Å². The van der Waals surface area contributed by atoms with E-state index in [2.05, 4.69) is 21.5 Å². The fourth-order valence-corrected chi connectivity index (χ4v) is 2.87. The largest absolute Gasteiger partial charge is 0.573 e. The Hall–Kier alpha value is -2.84. The predicted octanol–water partition coefficient (Wildman–Crippen LogP) is 4.49. The van der Waals surface area contributed by atoms with E-state index in [4.69, 9.17) is 9.26 Å². The normalized spacial score (nSPS) is 15.7. The second-order valence-corrected chi connectivity index (χ2v) is 7.95. The van der Waals surface area contributed by atoms with Crippen LogP contribution in [0.1, 0.15) is 50.9 Å². The molecule has 0 atom stereocenters. The van der Waals surface area contributed by atoms with Crippen LogP contribution < -0.4 is 4.74 Å². The third-order valence-electron chi connectivity index (χ3n) is 4.34. The van der Waals surface area contributed by atoms with E-state index in [0.717, 1.165) is 18.4 Å². The van der Waals surface area contributed by atoms with E-state index in [-0.39, 0.29) is 23.6 Å². The van der Waals surface area contributed by atoms with Crippen LogP contribution in [0, 0.1) is 0 Å². The lowest BCUT2D eigenvalue weighted by molar-refractivity contribution is -0.274. The molecule has 0 radical (unpaired) electrons. The van der Waals surface area contributed by atoms with Crippen molar-refractivity contribution in [3.63, 3.8) is 0 Å². The number of hydrogen-bond donors (Lipinski definition) is 0. The molecule has 1 fully saturated rings. The Kier molecular flexibility index (Phi) is 5.19. The summed E-state index contributed by atoms with van der Waals surface area (Å²) < 4.78 is 51.3. The predicted molar refractivity (Wildman–Crippen MR) is 96.1 cm³/mol. The molecule has 6 nitrogen and oxygen atoms in total. The van der Waals surface area contributed by atoms with E-state index in [0.29, 0.717) is 5.82 Å². The van der Waals surface area contributed by atoms with Gasteiger partial charge in [-0.05, 0) is 51.3 Å². The molecule has 1 aliphatic carbocycles. The van der Waals surface area contributed by atoms with Crippen molar-refractivity contribution in [2.75, 3.05) is 0 Å². The van der Waals surface area contributed by atoms with Crippen molar-refractivity contribution in [2.45, 2.75) is 57.4 Å². The van der Waals surface area contributed by atoms with Crippen LogP contribution in [-0.2, 0) is 21.4 Å². The van der Waals surface area contributed by atoms with Crippen LogP contribution in [0.25, 0.3) is 0 Å². The summed E-state index contributed by atoms with van der Waals surface area (Å²) in [5.41, 5.74) is -0.190. The van der Waals surface area contributed by atoms with Crippen molar-refractivity contribution < 1.29 is 32.0 Å². The highest BCUT2D eigenvalue weighted by molar-refractivity contribution is 5.88. The van der Waals surface area contributed by atoms with Gasteiger partial charge in [0.05, 0.1) is 11.8 Å². The van der Waals surface area contributed by atoms with E-state index in [1.807, 2.05) is 0 Å². The maximum absolute atomic E-state index is 12.3. The SMILES string of the molecule is C=C(Cc1nc(C2(c3ccc(OC(F)(F)F)cc3)CC2)no1)C(=O)OC(C)(C)C. The minimum absolute atomic E-state index is 0.0519. The van der Waals surface area contributed by atoms with Crippen LogP contribution in [0.3, 0.4) is 0 Å². The Balaban J connectivity index is 1.70. The van der Waals surface area contributed by atoms with Crippen molar-refractivity contribution in [1.29, 1.82) is 0 Å². The maximum Gasteiger partial charge on any atom is 0.573 e. The van der Waals surface area contributed by atoms with E-state index in [1.54, 1.807) is 32.9 Å². The van der Waals surface area contributed by atoms with E-state index < -0.39 is 23.3 Å². The van der Waals surface area contributed by atoms with Gasteiger partial charge < -0.3 is 14.0 Å².